The van der Waals surface area contributed by atoms with Crippen molar-refractivity contribution in [1.29, 1.82) is 0 Å². The number of thiocarbonyl (C=S) groups is 1. The molecule has 1 aromatic heterocycles. The van der Waals surface area contributed by atoms with Crippen LogP contribution in [0.3, 0.4) is 0 Å². The molecule has 0 saturated carbocycles. The van der Waals surface area contributed by atoms with Crippen molar-refractivity contribution in [1.82, 2.24) is 9.97 Å². The van der Waals surface area contributed by atoms with Crippen molar-refractivity contribution in [2.45, 2.75) is 19.8 Å². The molecule has 0 unspecified atom stereocenters. The number of hydrogen-bond acceptors (Lipinski definition) is 4. The number of benzene rings is 1. The van der Waals surface area contributed by atoms with Gasteiger partial charge in [-0.25, -0.2) is 9.97 Å². The van der Waals surface area contributed by atoms with E-state index in [4.69, 9.17) is 18.0 Å². The first kappa shape index (κ1) is 14.4. The molecule has 0 atom stereocenters. The molecule has 2 rings (SSSR count). The van der Waals surface area contributed by atoms with Crippen LogP contribution in [0.5, 0.6) is 0 Å². The highest BCUT2D eigenvalue weighted by molar-refractivity contribution is 7.80. The second-order valence-corrected chi connectivity index (χ2v) is 5.03. The summed E-state index contributed by atoms with van der Waals surface area (Å²) in [6.45, 7) is 2.14. The molecule has 0 aliphatic carbocycles. The number of anilines is 2. The predicted octanol–water partition coefficient (Wildman–Crippen LogP) is 2.83. The maximum absolute atomic E-state index is 5.60. The summed E-state index contributed by atoms with van der Waals surface area (Å²) in [6.07, 6.45) is 3.65. The molecule has 0 aliphatic rings. The second-order valence-electron chi connectivity index (χ2n) is 4.59. The van der Waals surface area contributed by atoms with Gasteiger partial charge in [0.15, 0.2) is 0 Å². The van der Waals surface area contributed by atoms with E-state index in [1.807, 2.05) is 42.3 Å². The van der Waals surface area contributed by atoms with Crippen LogP contribution in [0.4, 0.5) is 11.5 Å². The maximum atomic E-state index is 5.60. The van der Waals surface area contributed by atoms with E-state index in [2.05, 4.69) is 16.9 Å². The molecule has 1 heterocycles. The normalized spacial score (nSPS) is 10.3. The Labute approximate surface area is 124 Å². The standard InChI is InChI=1S/C15H18N4S/c1-3-4-12-9-14(18-10-17-12)19(2)13-7-5-11(6-8-13)15(16)20/h5-10H,3-4H2,1-2H3,(H2,16,20). The van der Waals surface area contributed by atoms with Crippen molar-refractivity contribution in [3.8, 4) is 0 Å². The smallest absolute Gasteiger partial charge is 0.136 e. The van der Waals surface area contributed by atoms with Gasteiger partial charge in [-0.1, -0.05) is 25.6 Å². The molecule has 2 N–H and O–H groups in total. The van der Waals surface area contributed by atoms with Crippen LogP contribution in [0.2, 0.25) is 0 Å². The van der Waals surface area contributed by atoms with Crippen LogP contribution in [0, 0.1) is 0 Å². The van der Waals surface area contributed by atoms with Crippen LogP contribution >= 0.6 is 12.2 Å². The summed E-state index contributed by atoms with van der Waals surface area (Å²) in [5.74, 6) is 0.881. The molecule has 104 valence electrons. The van der Waals surface area contributed by atoms with Crippen LogP contribution in [0.15, 0.2) is 36.7 Å². The largest absolute Gasteiger partial charge is 0.389 e. The summed E-state index contributed by atoms with van der Waals surface area (Å²) in [6, 6.07) is 9.82. The van der Waals surface area contributed by atoms with Crippen LogP contribution in [0.1, 0.15) is 24.6 Å². The van der Waals surface area contributed by atoms with E-state index in [0.717, 1.165) is 35.6 Å². The number of nitrogens with zero attached hydrogens (tertiary/aromatic N) is 3. The molecule has 0 bridgehead atoms. The lowest BCUT2D eigenvalue weighted by Gasteiger charge is -2.19. The Kier molecular flexibility index (Phi) is 4.63. The van der Waals surface area contributed by atoms with Crippen LogP contribution in [0.25, 0.3) is 0 Å². The fraction of sp³-hybridized carbons (Fsp3) is 0.267. The molecule has 0 aliphatic heterocycles. The van der Waals surface area contributed by atoms with Crippen molar-refractivity contribution < 1.29 is 0 Å². The summed E-state index contributed by atoms with van der Waals surface area (Å²) >= 11 is 4.95. The Balaban J connectivity index is 2.23. The lowest BCUT2D eigenvalue weighted by Crippen LogP contribution is -2.13. The van der Waals surface area contributed by atoms with Gasteiger partial charge >= 0.3 is 0 Å². The summed E-state index contributed by atoms with van der Waals surface area (Å²) < 4.78 is 0. The highest BCUT2D eigenvalue weighted by Gasteiger charge is 2.07. The van der Waals surface area contributed by atoms with Gasteiger partial charge in [0.25, 0.3) is 0 Å². The Morgan fingerprint density at radius 2 is 1.95 bits per heavy atom. The van der Waals surface area contributed by atoms with Gasteiger partial charge < -0.3 is 10.6 Å². The number of nitrogens with two attached hydrogens (primary N) is 1. The van der Waals surface area contributed by atoms with E-state index in [1.165, 1.54) is 0 Å². The van der Waals surface area contributed by atoms with Crippen molar-refractivity contribution in [2.75, 3.05) is 11.9 Å². The van der Waals surface area contributed by atoms with Gasteiger partial charge in [-0.05, 0) is 30.7 Å². The molecule has 20 heavy (non-hydrogen) atoms. The van der Waals surface area contributed by atoms with E-state index in [1.54, 1.807) is 6.33 Å². The maximum Gasteiger partial charge on any atom is 0.136 e. The third-order valence-corrected chi connectivity index (χ3v) is 3.33. The van der Waals surface area contributed by atoms with E-state index in [-0.39, 0.29) is 0 Å². The molecule has 2 aromatic rings. The molecule has 4 nitrogen and oxygen atoms in total. The zero-order valence-corrected chi connectivity index (χ0v) is 12.5. The van der Waals surface area contributed by atoms with Crippen molar-refractivity contribution in [3.05, 3.63) is 47.9 Å². The molecular weight excluding hydrogens is 268 g/mol. The van der Waals surface area contributed by atoms with Crippen molar-refractivity contribution >= 4 is 28.7 Å². The van der Waals surface area contributed by atoms with E-state index >= 15 is 0 Å². The Morgan fingerprint density at radius 3 is 2.55 bits per heavy atom. The third kappa shape index (κ3) is 3.30. The lowest BCUT2D eigenvalue weighted by molar-refractivity contribution is 0.869. The van der Waals surface area contributed by atoms with Crippen LogP contribution in [-0.4, -0.2) is 22.0 Å². The first-order valence-corrected chi connectivity index (χ1v) is 6.97. The lowest BCUT2D eigenvalue weighted by atomic mass is 10.2. The molecule has 5 heteroatoms. The third-order valence-electron chi connectivity index (χ3n) is 3.10. The molecule has 1 aromatic carbocycles. The van der Waals surface area contributed by atoms with E-state index in [9.17, 15) is 0 Å². The van der Waals surface area contributed by atoms with E-state index < -0.39 is 0 Å². The van der Waals surface area contributed by atoms with Crippen LogP contribution < -0.4 is 10.6 Å². The number of aromatic nitrogens is 2. The van der Waals surface area contributed by atoms with Gasteiger partial charge in [-0.3, -0.25) is 0 Å². The summed E-state index contributed by atoms with van der Waals surface area (Å²) in [5.41, 5.74) is 8.56. The SMILES string of the molecule is CCCc1cc(N(C)c2ccc(C(N)=S)cc2)ncn1. The zero-order valence-electron chi connectivity index (χ0n) is 11.7. The quantitative estimate of drug-likeness (QED) is 0.857. The predicted molar refractivity (Wildman–Crippen MR) is 86.4 cm³/mol. The molecule has 0 fully saturated rings. The highest BCUT2D eigenvalue weighted by Crippen LogP contribution is 2.22. The second kappa shape index (κ2) is 6.43. The van der Waals surface area contributed by atoms with Crippen molar-refractivity contribution in [2.24, 2.45) is 5.73 Å². The summed E-state index contributed by atoms with van der Waals surface area (Å²) in [4.78, 5) is 11.0. The Bertz CT molecular complexity index is 595. The van der Waals surface area contributed by atoms with Crippen LogP contribution in [-0.2, 0) is 6.42 Å². The van der Waals surface area contributed by atoms with Gasteiger partial charge in [0.05, 0.1) is 0 Å². The van der Waals surface area contributed by atoms with E-state index in [0.29, 0.717) is 4.99 Å². The van der Waals surface area contributed by atoms with Gasteiger partial charge in [-0.15, -0.1) is 0 Å². The fourth-order valence-corrected chi connectivity index (χ4v) is 2.08. The fourth-order valence-electron chi connectivity index (χ4n) is 1.94. The van der Waals surface area contributed by atoms with Gasteiger partial charge in [-0.2, -0.15) is 0 Å². The van der Waals surface area contributed by atoms with Crippen molar-refractivity contribution in [3.63, 3.8) is 0 Å². The summed E-state index contributed by atoms with van der Waals surface area (Å²) in [5, 5.41) is 0. The van der Waals surface area contributed by atoms with Gasteiger partial charge in [0.1, 0.15) is 17.1 Å². The minimum absolute atomic E-state index is 0.409. The molecular formula is C15H18N4S. The minimum Gasteiger partial charge on any atom is -0.389 e. The average Bonchev–Trinajstić information content (AvgIpc) is 2.47. The van der Waals surface area contributed by atoms with Gasteiger partial charge in [0, 0.05) is 30.1 Å². The minimum atomic E-state index is 0.409. The average molecular weight is 286 g/mol. The number of rotatable bonds is 5. The first-order valence-electron chi connectivity index (χ1n) is 6.56. The monoisotopic (exact) mass is 286 g/mol. The summed E-state index contributed by atoms with van der Waals surface area (Å²) in [7, 11) is 1.98. The molecule has 0 amide bonds. The number of aryl methyl sites for hydroxylation is 1. The first-order chi connectivity index (χ1) is 9.61. The number of hydrogen-bond donors (Lipinski definition) is 1. The zero-order chi connectivity index (χ0) is 14.5. The Hall–Kier alpha value is -2.01. The molecule has 0 radical (unpaired) electrons. The van der Waals surface area contributed by atoms with Gasteiger partial charge in [0.2, 0.25) is 0 Å². The molecule has 0 saturated heterocycles. The Morgan fingerprint density at radius 1 is 1.25 bits per heavy atom. The highest BCUT2D eigenvalue weighted by atomic mass is 32.1. The molecule has 0 spiro atoms. The topological polar surface area (TPSA) is 55.0 Å².